The molecule has 1 aromatic rings. The van der Waals surface area contributed by atoms with Crippen molar-refractivity contribution in [2.24, 2.45) is 5.73 Å². The predicted octanol–water partition coefficient (Wildman–Crippen LogP) is 1.60. The number of aromatic nitrogens is 1. The lowest BCUT2D eigenvalue weighted by atomic mass is 10.1. The molecule has 2 N–H and O–H groups in total. The highest BCUT2D eigenvalue weighted by atomic mass is 19.1. The van der Waals surface area contributed by atoms with Gasteiger partial charge in [-0.05, 0) is 32.4 Å². The Balaban J connectivity index is 1.97. The van der Waals surface area contributed by atoms with E-state index in [2.05, 4.69) is 9.88 Å². The number of halogens is 1. The molecule has 0 spiro atoms. The number of carbonyl (C=O) groups excluding carboxylic acids is 1. The van der Waals surface area contributed by atoms with Gasteiger partial charge in [-0.1, -0.05) is 0 Å². The Kier molecular flexibility index (Phi) is 5.54. The van der Waals surface area contributed by atoms with Gasteiger partial charge in [0.25, 0.3) is 0 Å². The number of piperazine rings is 1. The number of rotatable bonds is 3. The van der Waals surface area contributed by atoms with E-state index in [9.17, 15) is 9.18 Å². The predicted molar refractivity (Wildman–Crippen MR) is 85.3 cm³/mol. The lowest BCUT2D eigenvalue weighted by Gasteiger charge is -2.41. The maximum Gasteiger partial charge on any atom is 0.410 e. The standard InChI is InChI=1S/C16H25FN4O2/c1-16(2,3)23-15(22)21-5-4-20(14(7-18)11-21)10-12-6-13(17)9-19-8-12/h6,8-9,14H,4-5,7,10-11,18H2,1-3H3. The van der Waals surface area contributed by atoms with Crippen molar-refractivity contribution in [2.75, 3.05) is 26.2 Å². The van der Waals surface area contributed by atoms with Crippen molar-refractivity contribution in [1.82, 2.24) is 14.8 Å². The summed E-state index contributed by atoms with van der Waals surface area (Å²) < 4.78 is 18.7. The number of amides is 1. The molecular weight excluding hydrogens is 299 g/mol. The molecule has 0 aliphatic carbocycles. The lowest BCUT2D eigenvalue weighted by Crippen LogP contribution is -2.57. The van der Waals surface area contributed by atoms with Gasteiger partial charge in [-0.15, -0.1) is 0 Å². The van der Waals surface area contributed by atoms with Crippen LogP contribution in [0.3, 0.4) is 0 Å². The molecule has 1 saturated heterocycles. The Labute approximate surface area is 136 Å². The summed E-state index contributed by atoms with van der Waals surface area (Å²) in [6, 6.07) is 1.49. The molecule has 1 fully saturated rings. The molecule has 0 saturated carbocycles. The van der Waals surface area contributed by atoms with Crippen molar-refractivity contribution in [3.05, 3.63) is 29.8 Å². The van der Waals surface area contributed by atoms with Crippen LogP contribution in [0.15, 0.2) is 18.5 Å². The number of hydrogen-bond donors (Lipinski definition) is 1. The molecule has 2 rings (SSSR count). The first-order valence-corrected chi connectivity index (χ1v) is 7.80. The molecule has 0 bridgehead atoms. The Hall–Kier alpha value is -1.73. The van der Waals surface area contributed by atoms with Crippen LogP contribution < -0.4 is 5.73 Å². The van der Waals surface area contributed by atoms with Crippen LogP contribution >= 0.6 is 0 Å². The molecule has 7 heteroatoms. The number of hydrogen-bond acceptors (Lipinski definition) is 5. The smallest absolute Gasteiger partial charge is 0.410 e. The number of ether oxygens (including phenoxy) is 1. The quantitative estimate of drug-likeness (QED) is 0.914. The zero-order valence-corrected chi connectivity index (χ0v) is 14.0. The number of pyridine rings is 1. The van der Waals surface area contributed by atoms with E-state index in [1.807, 2.05) is 20.8 Å². The molecule has 1 aliphatic heterocycles. The summed E-state index contributed by atoms with van der Waals surface area (Å²) in [5.41, 5.74) is 6.14. The number of carbonyl (C=O) groups is 1. The van der Waals surface area contributed by atoms with E-state index in [-0.39, 0.29) is 18.0 Å². The van der Waals surface area contributed by atoms with Crippen molar-refractivity contribution in [3.63, 3.8) is 0 Å². The largest absolute Gasteiger partial charge is 0.444 e. The highest BCUT2D eigenvalue weighted by Crippen LogP contribution is 2.17. The lowest BCUT2D eigenvalue weighted by molar-refractivity contribution is 0.00351. The van der Waals surface area contributed by atoms with Crippen molar-refractivity contribution < 1.29 is 13.9 Å². The Morgan fingerprint density at radius 3 is 2.78 bits per heavy atom. The summed E-state index contributed by atoms with van der Waals surface area (Å²) in [4.78, 5) is 19.9. The highest BCUT2D eigenvalue weighted by Gasteiger charge is 2.31. The van der Waals surface area contributed by atoms with Crippen molar-refractivity contribution in [3.8, 4) is 0 Å². The van der Waals surface area contributed by atoms with Crippen LogP contribution in [-0.4, -0.2) is 58.7 Å². The van der Waals surface area contributed by atoms with Gasteiger partial charge in [-0.25, -0.2) is 9.18 Å². The first-order chi connectivity index (χ1) is 10.8. The van der Waals surface area contributed by atoms with Crippen LogP contribution in [0.2, 0.25) is 0 Å². The molecule has 1 aromatic heterocycles. The zero-order chi connectivity index (χ0) is 17.0. The van der Waals surface area contributed by atoms with Gasteiger partial charge in [0.1, 0.15) is 11.4 Å². The fourth-order valence-electron chi connectivity index (χ4n) is 2.59. The SMILES string of the molecule is CC(C)(C)OC(=O)N1CCN(Cc2cncc(F)c2)C(CN)C1. The minimum atomic E-state index is -0.514. The van der Waals surface area contributed by atoms with E-state index in [0.717, 1.165) is 5.56 Å². The Morgan fingerprint density at radius 2 is 2.17 bits per heavy atom. The van der Waals surface area contributed by atoms with Crippen LogP contribution in [0.1, 0.15) is 26.3 Å². The third kappa shape index (κ3) is 5.14. The fraction of sp³-hybridized carbons (Fsp3) is 0.625. The Morgan fingerprint density at radius 1 is 1.43 bits per heavy atom. The van der Waals surface area contributed by atoms with Crippen LogP contribution in [0, 0.1) is 5.82 Å². The van der Waals surface area contributed by atoms with Crippen LogP contribution in [0.5, 0.6) is 0 Å². The molecule has 0 aromatic carbocycles. The van der Waals surface area contributed by atoms with Crippen LogP contribution in [0.4, 0.5) is 9.18 Å². The Bertz CT molecular complexity index is 547. The molecule has 128 valence electrons. The van der Waals surface area contributed by atoms with E-state index in [1.54, 1.807) is 11.1 Å². The van der Waals surface area contributed by atoms with Gasteiger partial charge in [-0.3, -0.25) is 9.88 Å². The third-order valence-corrected chi connectivity index (χ3v) is 3.68. The van der Waals surface area contributed by atoms with E-state index in [0.29, 0.717) is 32.7 Å². The molecule has 1 amide bonds. The third-order valence-electron chi connectivity index (χ3n) is 3.68. The molecule has 23 heavy (non-hydrogen) atoms. The van der Waals surface area contributed by atoms with Gasteiger partial charge in [0.2, 0.25) is 0 Å². The first-order valence-electron chi connectivity index (χ1n) is 7.80. The molecule has 1 unspecified atom stereocenters. The average molecular weight is 324 g/mol. The van der Waals surface area contributed by atoms with Gasteiger partial charge in [0, 0.05) is 45.0 Å². The van der Waals surface area contributed by atoms with Crippen molar-refractivity contribution in [1.29, 1.82) is 0 Å². The molecule has 0 radical (unpaired) electrons. The van der Waals surface area contributed by atoms with Gasteiger partial charge in [-0.2, -0.15) is 0 Å². The van der Waals surface area contributed by atoms with Gasteiger partial charge >= 0.3 is 6.09 Å². The minimum Gasteiger partial charge on any atom is -0.444 e. The molecule has 2 heterocycles. The van der Waals surface area contributed by atoms with E-state index < -0.39 is 5.60 Å². The minimum absolute atomic E-state index is 0.0135. The zero-order valence-electron chi connectivity index (χ0n) is 14.0. The topological polar surface area (TPSA) is 71.7 Å². The van der Waals surface area contributed by atoms with Crippen molar-refractivity contribution in [2.45, 2.75) is 39.0 Å². The average Bonchev–Trinajstić information content (AvgIpc) is 2.46. The second-order valence-electron chi connectivity index (χ2n) is 6.80. The van der Waals surface area contributed by atoms with Gasteiger partial charge < -0.3 is 15.4 Å². The normalized spacial score (nSPS) is 19.7. The summed E-state index contributed by atoms with van der Waals surface area (Å²) in [5.74, 6) is -0.348. The van der Waals surface area contributed by atoms with Crippen LogP contribution in [-0.2, 0) is 11.3 Å². The summed E-state index contributed by atoms with van der Waals surface area (Å²) in [6.07, 6.45) is 2.52. The maximum absolute atomic E-state index is 13.3. The summed E-state index contributed by atoms with van der Waals surface area (Å²) in [6.45, 7) is 8.26. The highest BCUT2D eigenvalue weighted by molar-refractivity contribution is 5.68. The fourth-order valence-corrected chi connectivity index (χ4v) is 2.59. The summed E-state index contributed by atoms with van der Waals surface area (Å²) in [5, 5.41) is 0. The number of nitrogens with zero attached hydrogens (tertiary/aromatic N) is 3. The summed E-state index contributed by atoms with van der Waals surface area (Å²) >= 11 is 0. The second kappa shape index (κ2) is 7.23. The molecule has 1 atom stereocenters. The first kappa shape index (κ1) is 17.6. The van der Waals surface area contributed by atoms with Crippen molar-refractivity contribution >= 4 is 6.09 Å². The van der Waals surface area contributed by atoms with E-state index in [1.165, 1.54) is 12.3 Å². The van der Waals surface area contributed by atoms with E-state index in [4.69, 9.17) is 10.5 Å². The van der Waals surface area contributed by atoms with Gasteiger partial charge in [0.05, 0.1) is 6.20 Å². The van der Waals surface area contributed by atoms with Gasteiger partial charge in [0.15, 0.2) is 0 Å². The van der Waals surface area contributed by atoms with Crippen LogP contribution in [0.25, 0.3) is 0 Å². The summed E-state index contributed by atoms with van der Waals surface area (Å²) in [7, 11) is 0. The van der Waals surface area contributed by atoms with E-state index >= 15 is 0 Å². The molecule has 6 nitrogen and oxygen atoms in total. The monoisotopic (exact) mass is 324 g/mol. The molecule has 1 aliphatic rings. The second-order valence-corrected chi connectivity index (χ2v) is 6.80. The molecular formula is C16H25FN4O2. The maximum atomic E-state index is 13.3. The number of nitrogens with two attached hydrogens (primary N) is 1.